The van der Waals surface area contributed by atoms with Gasteiger partial charge in [0.25, 0.3) is 0 Å². The molecule has 0 saturated heterocycles. The van der Waals surface area contributed by atoms with E-state index in [1.54, 1.807) is 6.20 Å². The van der Waals surface area contributed by atoms with Crippen LogP contribution in [0.3, 0.4) is 0 Å². The van der Waals surface area contributed by atoms with Gasteiger partial charge in [-0.25, -0.2) is 4.57 Å². The van der Waals surface area contributed by atoms with E-state index in [2.05, 4.69) is 55.5 Å². The third kappa shape index (κ3) is 3.17. The van der Waals surface area contributed by atoms with Crippen LogP contribution in [0.2, 0.25) is 0 Å². The molecular formula is C33H34N+. The number of fused-ring (bicyclic) bond motifs is 7. The lowest BCUT2D eigenvalue weighted by Gasteiger charge is -2.21. The van der Waals surface area contributed by atoms with Crippen molar-refractivity contribution < 1.29 is 11.4 Å². The Balaban J connectivity index is 1.73. The number of nitrogens with zero attached hydrogens (tertiary/aromatic N) is 1. The molecule has 1 heteroatoms. The van der Waals surface area contributed by atoms with E-state index in [1.807, 2.05) is 38.5 Å². The smallest absolute Gasteiger partial charge is 0.201 e. The standard InChI is InChI=1S/C33H34N/c1-20-19-34(6)29(17-24(20)18-33(3,4)5)30-21(2)27-15-22-11-7-9-13-25(22)31(27)28-16-23-12-8-10-14-26(23)32(28)30/h7-14,17,19H,15-16,18H2,1-6H3/q+1/i1D3,18D2. The molecule has 0 bridgehead atoms. The van der Waals surface area contributed by atoms with E-state index < -0.39 is 18.6 Å². The summed E-state index contributed by atoms with van der Waals surface area (Å²) in [6.07, 6.45) is 1.49. The largest absolute Gasteiger partial charge is 0.213 e. The molecule has 2 aliphatic carbocycles. The van der Waals surface area contributed by atoms with Gasteiger partial charge in [0.2, 0.25) is 5.69 Å². The Morgan fingerprint density at radius 2 is 1.50 bits per heavy atom. The Kier molecular flexibility index (Phi) is 3.58. The number of rotatable bonds is 2. The lowest BCUT2D eigenvalue weighted by molar-refractivity contribution is -0.660. The predicted octanol–water partition coefficient (Wildman–Crippen LogP) is 7.53. The highest BCUT2D eigenvalue weighted by Gasteiger charge is 2.35. The average Bonchev–Trinajstić information content (AvgIpc) is 3.42. The van der Waals surface area contributed by atoms with Crippen LogP contribution in [0.15, 0.2) is 60.8 Å². The Labute approximate surface area is 211 Å². The number of pyridine rings is 1. The molecule has 34 heavy (non-hydrogen) atoms. The fraction of sp³-hybridized carbons (Fsp3) is 0.303. The molecule has 0 atom stereocenters. The van der Waals surface area contributed by atoms with Crippen molar-refractivity contribution >= 4 is 0 Å². The van der Waals surface area contributed by atoms with E-state index in [0.29, 0.717) is 0 Å². The Morgan fingerprint density at radius 1 is 0.882 bits per heavy atom. The first-order chi connectivity index (χ1) is 18.2. The van der Waals surface area contributed by atoms with Gasteiger partial charge in [0.05, 0.1) is 5.56 Å². The molecule has 3 aromatic carbocycles. The molecule has 0 radical (unpaired) electrons. The molecule has 2 aliphatic rings. The maximum Gasteiger partial charge on any atom is 0.213 e. The first-order valence-corrected chi connectivity index (χ1v) is 12.1. The third-order valence-corrected chi connectivity index (χ3v) is 7.33. The van der Waals surface area contributed by atoms with Crippen LogP contribution in [0.4, 0.5) is 0 Å². The SMILES string of the molecule is [2H]C([2H])([2H])c1c[n+](C)c(-c2c(C)c3c(c4c2-c2ccccc2C4)-c2ccccc2C3)cc1C([2H])([2H])C(C)(C)C. The predicted molar refractivity (Wildman–Crippen MR) is 142 cm³/mol. The van der Waals surface area contributed by atoms with Crippen LogP contribution in [0, 0.1) is 19.2 Å². The van der Waals surface area contributed by atoms with Crippen molar-refractivity contribution in [1.29, 1.82) is 0 Å². The molecule has 0 amide bonds. The zero-order valence-electron chi connectivity index (χ0n) is 25.6. The van der Waals surface area contributed by atoms with Crippen molar-refractivity contribution in [3.05, 3.63) is 99.7 Å². The summed E-state index contributed by atoms with van der Waals surface area (Å²) in [5.74, 6) is 0. The summed E-state index contributed by atoms with van der Waals surface area (Å²) in [6, 6.07) is 19.0. The molecule has 1 nitrogen and oxygen atoms in total. The lowest BCUT2D eigenvalue weighted by Crippen LogP contribution is -2.32. The van der Waals surface area contributed by atoms with E-state index in [-0.39, 0.29) is 11.1 Å². The number of hydrogen-bond donors (Lipinski definition) is 0. The highest BCUT2D eigenvalue weighted by atomic mass is 14.9. The van der Waals surface area contributed by atoms with Crippen molar-refractivity contribution in [2.75, 3.05) is 0 Å². The topological polar surface area (TPSA) is 3.88 Å². The van der Waals surface area contributed by atoms with Gasteiger partial charge in [-0.3, -0.25) is 0 Å². The normalized spacial score (nSPS) is 16.4. The van der Waals surface area contributed by atoms with Gasteiger partial charge < -0.3 is 0 Å². The summed E-state index contributed by atoms with van der Waals surface area (Å²) in [4.78, 5) is 0. The maximum atomic E-state index is 9.11. The molecule has 0 fully saturated rings. The zero-order valence-corrected chi connectivity index (χ0v) is 20.6. The van der Waals surface area contributed by atoms with E-state index in [9.17, 15) is 0 Å². The van der Waals surface area contributed by atoms with Gasteiger partial charge in [0.15, 0.2) is 6.20 Å². The van der Waals surface area contributed by atoms with Gasteiger partial charge in [0.1, 0.15) is 7.05 Å². The van der Waals surface area contributed by atoms with Crippen molar-refractivity contribution in [1.82, 2.24) is 0 Å². The molecule has 0 saturated carbocycles. The minimum absolute atomic E-state index is 0.0666. The van der Waals surface area contributed by atoms with Gasteiger partial charge in [0, 0.05) is 24.0 Å². The van der Waals surface area contributed by atoms with Crippen LogP contribution in [-0.2, 0) is 26.3 Å². The van der Waals surface area contributed by atoms with Crippen LogP contribution in [0.25, 0.3) is 33.5 Å². The van der Waals surface area contributed by atoms with Crippen molar-refractivity contribution in [3.8, 4) is 33.5 Å². The average molecular weight is 450 g/mol. The second-order valence-corrected chi connectivity index (χ2v) is 10.8. The molecule has 0 unspecified atom stereocenters. The lowest BCUT2D eigenvalue weighted by atomic mass is 9.83. The summed E-state index contributed by atoms with van der Waals surface area (Å²) in [5, 5.41) is 0. The van der Waals surface area contributed by atoms with Gasteiger partial charge in [-0.15, -0.1) is 0 Å². The summed E-state index contributed by atoms with van der Waals surface area (Å²) >= 11 is 0. The molecule has 1 heterocycles. The third-order valence-electron chi connectivity index (χ3n) is 7.33. The van der Waals surface area contributed by atoms with Crippen LogP contribution >= 0.6 is 0 Å². The second-order valence-electron chi connectivity index (χ2n) is 10.8. The Morgan fingerprint density at radius 3 is 2.15 bits per heavy atom. The fourth-order valence-electron chi connectivity index (χ4n) is 5.95. The first kappa shape index (κ1) is 16.4. The fourth-order valence-corrected chi connectivity index (χ4v) is 5.95. The summed E-state index contributed by atoms with van der Waals surface area (Å²) < 4.78 is 44.9. The van der Waals surface area contributed by atoms with Crippen LogP contribution in [-0.4, -0.2) is 0 Å². The summed E-state index contributed by atoms with van der Waals surface area (Å²) in [7, 11) is 1.88. The van der Waals surface area contributed by atoms with E-state index in [1.165, 1.54) is 50.1 Å². The van der Waals surface area contributed by atoms with Gasteiger partial charge in [-0.1, -0.05) is 69.3 Å². The van der Waals surface area contributed by atoms with Crippen LogP contribution in [0.1, 0.15) is 66.6 Å². The molecule has 0 N–H and O–H groups in total. The Bertz CT molecular complexity index is 1670. The van der Waals surface area contributed by atoms with E-state index >= 15 is 0 Å². The molecule has 6 rings (SSSR count). The quantitative estimate of drug-likeness (QED) is 0.241. The summed E-state index contributed by atoms with van der Waals surface area (Å²) in [6.45, 7) is 5.22. The Hall–Kier alpha value is -3.19. The molecular weight excluding hydrogens is 410 g/mol. The minimum Gasteiger partial charge on any atom is -0.201 e. The first-order valence-electron chi connectivity index (χ1n) is 14.6. The van der Waals surface area contributed by atoms with E-state index in [0.717, 1.165) is 24.1 Å². The highest BCUT2D eigenvalue weighted by molar-refractivity contribution is 5.98. The van der Waals surface area contributed by atoms with Crippen molar-refractivity contribution in [2.45, 2.75) is 53.8 Å². The second kappa shape index (κ2) is 7.40. The van der Waals surface area contributed by atoms with Crippen LogP contribution in [0.5, 0.6) is 0 Å². The van der Waals surface area contributed by atoms with Crippen molar-refractivity contribution in [2.24, 2.45) is 12.5 Å². The molecule has 0 spiro atoms. The number of hydrogen-bond acceptors (Lipinski definition) is 0. The van der Waals surface area contributed by atoms with Gasteiger partial charge in [-0.05, 0) is 88.5 Å². The highest BCUT2D eigenvalue weighted by Crippen LogP contribution is 2.53. The zero-order chi connectivity index (χ0) is 28.1. The van der Waals surface area contributed by atoms with Crippen molar-refractivity contribution in [3.63, 3.8) is 0 Å². The van der Waals surface area contributed by atoms with Crippen LogP contribution < -0.4 is 4.57 Å². The minimum atomic E-state index is -2.44. The van der Waals surface area contributed by atoms with Gasteiger partial charge in [-0.2, -0.15) is 0 Å². The summed E-state index contributed by atoms with van der Waals surface area (Å²) in [5.41, 5.74) is 12.9. The molecule has 1 aromatic heterocycles. The molecule has 170 valence electrons. The number of aryl methyl sites for hydroxylation is 2. The maximum absolute atomic E-state index is 9.11. The number of benzene rings is 3. The molecule has 0 aliphatic heterocycles. The number of aromatic nitrogens is 1. The van der Waals surface area contributed by atoms with E-state index in [4.69, 9.17) is 6.85 Å². The van der Waals surface area contributed by atoms with Gasteiger partial charge >= 0.3 is 0 Å². The molecule has 4 aromatic rings. The monoisotopic (exact) mass is 449 g/mol.